The summed E-state index contributed by atoms with van der Waals surface area (Å²) >= 11 is 0. The molecule has 0 unspecified atom stereocenters. The van der Waals surface area contributed by atoms with Crippen molar-refractivity contribution in [3.05, 3.63) is 35.4 Å². The number of hydrogen-bond donors (Lipinski definition) is 0. The fourth-order valence-electron chi connectivity index (χ4n) is 2.20. The summed E-state index contributed by atoms with van der Waals surface area (Å²) in [6.45, 7) is 7.01. The SMILES string of the molecule is CC(C)N1CCc2ccccc2CC1. The van der Waals surface area contributed by atoms with Gasteiger partial charge in [0.2, 0.25) is 0 Å². The molecule has 0 saturated heterocycles. The van der Waals surface area contributed by atoms with E-state index in [0.29, 0.717) is 6.04 Å². The molecule has 1 aliphatic rings. The Labute approximate surface area is 86.7 Å². The van der Waals surface area contributed by atoms with E-state index in [4.69, 9.17) is 0 Å². The third-order valence-electron chi connectivity index (χ3n) is 3.19. The minimum absolute atomic E-state index is 0.685. The molecule has 1 heteroatoms. The highest BCUT2D eigenvalue weighted by molar-refractivity contribution is 5.28. The van der Waals surface area contributed by atoms with Gasteiger partial charge in [-0.15, -0.1) is 0 Å². The Morgan fingerprint density at radius 1 is 1.00 bits per heavy atom. The predicted molar refractivity (Wildman–Crippen MR) is 60.6 cm³/mol. The third-order valence-corrected chi connectivity index (χ3v) is 3.19. The zero-order chi connectivity index (χ0) is 9.97. The second kappa shape index (κ2) is 4.14. The molecule has 0 saturated carbocycles. The van der Waals surface area contributed by atoms with E-state index in [0.717, 1.165) is 0 Å². The summed E-state index contributed by atoms with van der Waals surface area (Å²) in [5, 5.41) is 0. The molecule has 0 N–H and O–H groups in total. The molecule has 0 aliphatic carbocycles. The highest BCUT2D eigenvalue weighted by Crippen LogP contribution is 2.16. The van der Waals surface area contributed by atoms with Crippen LogP contribution in [0, 0.1) is 0 Å². The molecule has 1 aliphatic heterocycles. The van der Waals surface area contributed by atoms with Gasteiger partial charge in [-0.05, 0) is 37.8 Å². The van der Waals surface area contributed by atoms with E-state index in [-0.39, 0.29) is 0 Å². The quantitative estimate of drug-likeness (QED) is 0.656. The standard InChI is InChI=1S/C13H19N/c1-11(2)14-9-7-12-5-3-4-6-13(12)8-10-14/h3-6,11H,7-10H2,1-2H3. The summed E-state index contributed by atoms with van der Waals surface area (Å²) in [6, 6.07) is 9.55. The molecule has 0 fully saturated rings. The number of fused-ring (bicyclic) bond motifs is 1. The molecule has 0 bridgehead atoms. The molecule has 1 aromatic rings. The summed E-state index contributed by atoms with van der Waals surface area (Å²) in [4.78, 5) is 2.57. The molecule has 1 aromatic carbocycles. The van der Waals surface area contributed by atoms with Crippen molar-refractivity contribution in [1.29, 1.82) is 0 Å². The first kappa shape index (κ1) is 9.72. The van der Waals surface area contributed by atoms with E-state index in [1.165, 1.54) is 25.9 Å². The van der Waals surface area contributed by atoms with Gasteiger partial charge in [-0.25, -0.2) is 0 Å². The maximum atomic E-state index is 2.57. The maximum Gasteiger partial charge on any atom is 0.00388 e. The van der Waals surface area contributed by atoms with Gasteiger partial charge in [0.1, 0.15) is 0 Å². The summed E-state index contributed by atoms with van der Waals surface area (Å²) in [5.74, 6) is 0. The summed E-state index contributed by atoms with van der Waals surface area (Å²) in [6.07, 6.45) is 2.43. The Bertz CT molecular complexity index is 277. The van der Waals surface area contributed by atoms with E-state index >= 15 is 0 Å². The smallest absolute Gasteiger partial charge is 0.00388 e. The largest absolute Gasteiger partial charge is 0.300 e. The predicted octanol–water partition coefficient (Wildman–Crippen LogP) is 2.50. The molecule has 0 atom stereocenters. The van der Waals surface area contributed by atoms with Crippen molar-refractivity contribution in [2.24, 2.45) is 0 Å². The lowest BCUT2D eigenvalue weighted by Gasteiger charge is -2.23. The van der Waals surface area contributed by atoms with Crippen molar-refractivity contribution in [3.63, 3.8) is 0 Å². The van der Waals surface area contributed by atoms with Crippen molar-refractivity contribution >= 4 is 0 Å². The summed E-state index contributed by atoms with van der Waals surface area (Å²) < 4.78 is 0. The number of hydrogen-bond acceptors (Lipinski definition) is 1. The third kappa shape index (κ3) is 1.98. The molecule has 0 spiro atoms. The van der Waals surface area contributed by atoms with E-state index in [2.05, 4.69) is 43.0 Å². The molecular formula is C13H19N. The van der Waals surface area contributed by atoms with Crippen LogP contribution in [0.5, 0.6) is 0 Å². The first-order valence-corrected chi connectivity index (χ1v) is 5.58. The van der Waals surface area contributed by atoms with Crippen LogP contribution >= 0.6 is 0 Å². The monoisotopic (exact) mass is 189 g/mol. The van der Waals surface area contributed by atoms with Gasteiger partial charge in [0.05, 0.1) is 0 Å². The highest BCUT2D eigenvalue weighted by atomic mass is 15.1. The molecule has 1 nitrogen and oxygen atoms in total. The number of rotatable bonds is 1. The Kier molecular flexibility index (Phi) is 2.87. The molecule has 1 heterocycles. The lowest BCUT2D eigenvalue weighted by atomic mass is 10.0. The lowest BCUT2D eigenvalue weighted by molar-refractivity contribution is 0.233. The van der Waals surface area contributed by atoms with Gasteiger partial charge in [-0.1, -0.05) is 24.3 Å². The first-order chi connectivity index (χ1) is 6.77. The van der Waals surface area contributed by atoms with Gasteiger partial charge in [0.25, 0.3) is 0 Å². The van der Waals surface area contributed by atoms with E-state index in [1.807, 2.05) is 0 Å². The van der Waals surface area contributed by atoms with Crippen molar-refractivity contribution in [1.82, 2.24) is 4.90 Å². The first-order valence-electron chi connectivity index (χ1n) is 5.58. The molecule has 0 aromatic heterocycles. The molecule has 0 radical (unpaired) electrons. The van der Waals surface area contributed by atoms with E-state index in [1.54, 1.807) is 11.1 Å². The van der Waals surface area contributed by atoms with Crippen LogP contribution in [0.4, 0.5) is 0 Å². The van der Waals surface area contributed by atoms with E-state index < -0.39 is 0 Å². The van der Waals surface area contributed by atoms with Crippen LogP contribution in [0.1, 0.15) is 25.0 Å². The molecular weight excluding hydrogens is 170 g/mol. The van der Waals surface area contributed by atoms with Crippen LogP contribution in [0.25, 0.3) is 0 Å². The van der Waals surface area contributed by atoms with Crippen molar-refractivity contribution in [2.45, 2.75) is 32.7 Å². The second-order valence-corrected chi connectivity index (χ2v) is 4.40. The number of nitrogens with zero attached hydrogens (tertiary/aromatic N) is 1. The topological polar surface area (TPSA) is 3.24 Å². The zero-order valence-electron chi connectivity index (χ0n) is 9.16. The van der Waals surface area contributed by atoms with Crippen LogP contribution in [0.3, 0.4) is 0 Å². The molecule has 0 amide bonds. The van der Waals surface area contributed by atoms with Crippen LogP contribution in [0.15, 0.2) is 24.3 Å². The average molecular weight is 189 g/mol. The van der Waals surface area contributed by atoms with Gasteiger partial charge in [0.15, 0.2) is 0 Å². The Morgan fingerprint density at radius 2 is 1.50 bits per heavy atom. The van der Waals surface area contributed by atoms with Gasteiger partial charge >= 0.3 is 0 Å². The van der Waals surface area contributed by atoms with Gasteiger partial charge in [-0.2, -0.15) is 0 Å². The van der Waals surface area contributed by atoms with E-state index in [9.17, 15) is 0 Å². The van der Waals surface area contributed by atoms with Crippen LogP contribution in [0.2, 0.25) is 0 Å². The lowest BCUT2D eigenvalue weighted by Crippen LogP contribution is -2.32. The summed E-state index contributed by atoms with van der Waals surface area (Å²) in [5.41, 5.74) is 3.10. The van der Waals surface area contributed by atoms with Gasteiger partial charge in [-0.3, -0.25) is 0 Å². The van der Waals surface area contributed by atoms with Crippen LogP contribution in [-0.4, -0.2) is 24.0 Å². The minimum Gasteiger partial charge on any atom is -0.300 e. The fourth-order valence-corrected chi connectivity index (χ4v) is 2.20. The van der Waals surface area contributed by atoms with Gasteiger partial charge in [0, 0.05) is 19.1 Å². The maximum absolute atomic E-state index is 2.57. The normalized spacial score (nSPS) is 17.9. The highest BCUT2D eigenvalue weighted by Gasteiger charge is 2.14. The molecule has 14 heavy (non-hydrogen) atoms. The van der Waals surface area contributed by atoms with Crippen molar-refractivity contribution < 1.29 is 0 Å². The molecule has 2 rings (SSSR count). The average Bonchev–Trinajstić information content (AvgIpc) is 2.39. The summed E-state index contributed by atoms with van der Waals surface area (Å²) in [7, 11) is 0. The zero-order valence-corrected chi connectivity index (χ0v) is 9.16. The number of benzene rings is 1. The minimum atomic E-state index is 0.685. The second-order valence-electron chi connectivity index (χ2n) is 4.40. The Balaban J connectivity index is 2.14. The van der Waals surface area contributed by atoms with Crippen LogP contribution < -0.4 is 0 Å². The van der Waals surface area contributed by atoms with Crippen molar-refractivity contribution in [3.8, 4) is 0 Å². The fraction of sp³-hybridized carbons (Fsp3) is 0.538. The Hall–Kier alpha value is -0.820. The molecule has 76 valence electrons. The van der Waals surface area contributed by atoms with Gasteiger partial charge < -0.3 is 4.90 Å². The van der Waals surface area contributed by atoms with Crippen molar-refractivity contribution in [2.75, 3.05) is 13.1 Å². The Morgan fingerprint density at radius 3 is 1.93 bits per heavy atom. The van der Waals surface area contributed by atoms with Crippen LogP contribution in [-0.2, 0) is 12.8 Å².